The van der Waals surface area contributed by atoms with Crippen LogP contribution in [0.1, 0.15) is 34.8 Å². The summed E-state index contributed by atoms with van der Waals surface area (Å²) in [7, 11) is 1.73. The third-order valence-electron chi connectivity index (χ3n) is 6.17. The zero-order valence-electron chi connectivity index (χ0n) is 17.5. The largest absolute Gasteiger partial charge is 0.373 e. The Balaban J connectivity index is 1.73. The average Bonchev–Trinajstić information content (AvgIpc) is 3.04. The molecular weight excluding hydrogens is 388 g/mol. The fraction of sp³-hybridized carbons (Fsp3) is 0.500. The molecule has 4 rings (SSSR count). The number of aryl methyl sites for hydroxylation is 2. The number of fused-ring (bicyclic) bond motifs is 2. The van der Waals surface area contributed by atoms with E-state index in [4.69, 9.17) is 4.98 Å². The molecule has 1 N–H and O–H groups in total. The van der Waals surface area contributed by atoms with Crippen LogP contribution in [0.2, 0.25) is 0 Å². The summed E-state index contributed by atoms with van der Waals surface area (Å²) in [5.74, 6) is 1.59. The number of aromatic nitrogens is 2. The first kappa shape index (κ1) is 20.5. The molecule has 2 aromatic heterocycles. The first-order valence-electron chi connectivity index (χ1n) is 10.3. The van der Waals surface area contributed by atoms with E-state index in [9.17, 15) is 13.6 Å². The number of hydrogen-bond donors (Lipinski definition) is 1. The number of rotatable bonds is 6. The molecular formula is C22H27F2N5O. The number of carbonyl (C=O) groups excluding carboxylic acids is 1. The van der Waals surface area contributed by atoms with Gasteiger partial charge in [0.1, 0.15) is 11.6 Å². The Morgan fingerprint density at radius 1 is 1.30 bits per heavy atom. The minimum atomic E-state index is -2.46. The molecule has 2 aliphatic heterocycles. The molecule has 3 unspecified atom stereocenters. The normalized spacial score (nSPS) is 23.2. The van der Waals surface area contributed by atoms with Crippen molar-refractivity contribution in [2.75, 3.05) is 30.4 Å². The quantitative estimate of drug-likeness (QED) is 0.734. The van der Waals surface area contributed by atoms with Crippen molar-refractivity contribution in [1.82, 2.24) is 14.9 Å². The molecule has 160 valence electrons. The third kappa shape index (κ3) is 3.70. The van der Waals surface area contributed by atoms with Gasteiger partial charge in [0.05, 0.1) is 6.04 Å². The van der Waals surface area contributed by atoms with Crippen LogP contribution in [-0.4, -0.2) is 53.9 Å². The molecule has 3 atom stereocenters. The van der Waals surface area contributed by atoms with Crippen molar-refractivity contribution in [3.63, 3.8) is 0 Å². The number of piperidine rings is 1. The summed E-state index contributed by atoms with van der Waals surface area (Å²) in [6.07, 6.45) is 0.464. The van der Waals surface area contributed by atoms with Crippen molar-refractivity contribution in [2.45, 2.75) is 45.2 Å². The second-order valence-corrected chi connectivity index (χ2v) is 8.27. The van der Waals surface area contributed by atoms with E-state index >= 15 is 0 Å². The van der Waals surface area contributed by atoms with Gasteiger partial charge in [-0.05, 0) is 49.6 Å². The van der Waals surface area contributed by atoms with Crippen LogP contribution >= 0.6 is 0 Å². The summed E-state index contributed by atoms with van der Waals surface area (Å²) < 4.78 is 26.6. The first-order chi connectivity index (χ1) is 14.4. The van der Waals surface area contributed by atoms with E-state index in [2.05, 4.69) is 21.3 Å². The van der Waals surface area contributed by atoms with E-state index in [0.29, 0.717) is 23.5 Å². The van der Waals surface area contributed by atoms with Crippen molar-refractivity contribution < 1.29 is 13.6 Å². The highest BCUT2D eigenvalue weighted by molar-refractivity contribution is 5.58. The second kappa shape index (κ2) is 8.16. The van der Waals surface area contributed by atoms with Gasteiger partial charge in [0.25, 0.3) is 0 Å². The Kier molecular flexibility index (Phi) is 5.58. The third-order valence-corrected chi connectivity index (χ3v) is 6.17. The topological polar surface area (TPSA) is 61.4 Å². The molecule has 2 fully saturated rings. The first-order valence-corrected chi connectivity index (χ1v) is 10.3. The Labute approximate surface area is 175 Å². The smallest absolute Gasteiger partial charge is 0.242 e. The predicted molar refractivity (Wildman–Crippen MR) is 112 cm³/mol. The van der Waals surface area contributed by atoms with E-state index in [1.165, 1.54) is 0 Å². The summed E-state index contributed by atoms with van der Waals surface area (Å²) in [5, 5.41) is 3.04. The van der Waals surface area contributed by atoms with Gasteiger partial charge in [-0.3, -0.25) is 4.79 Å². The molecule has 8 heteroatoms. The minimum absolute atomic E-state index is 0.115. The number of hydrogen-bond acceptors (Lipinski definition) is 5. The van der Waals surface area contributed by atoms with Crippen LogP contribution in [0, 0.1) is 19.8 Å². The van der Waals surface area contributed by atoms with Gasteiger partial charge in [0.15, 0.2) is 0 Å². The molecule has 0 spiro atoms. The fourth-order valence-corrected chi connectivity index (χ4v) is 5.13. The molecule has 0 saturated carbocycles. The molecule has 2 aromatic rings. The summed E-state index contributed by atoms with van der Waals surface area (Å²) in [4.78, 5) is 25.2. The number of pyridine rings is 2. The lowest BCUT2D eigenvalue weighted by molar-refractivity contribution is -0.122. The van der Waals surface area contributed by atoms with Crippen molar-refractivity contribution in [1.29, 1.82) is 0 Å². The molecule has 2 aliphatic rings. The van der Waals surface area contributed by atoms with Crippen LogP contribution in [0.4, 0.5) is 20.4 Å². The number of halogens is 2. The van der Waals surface area contributed by atoms with Gasteiger partial charge in [0.2, 0.25) is 12.8 Å². The maximum absolute atomic E-state index is 13.3. The molecule has 30 heavy (non-hydrogen) atoms. The lowest BCUT2D eigenvalue weighted by Crippen LogP contribution is -2.44. The van der Waals surface area contributed by atoms with Gasteiger partial charge >= 0.3 is 0 Å². The zero-order chi connectivity index (χ0) is 21.4. The lowest BCUT2D eigenvalue weighted by atomic mass is 9.84. The Morgan fingerprint density at radius 3 is 2.77 bits per heavy atom. The minimum Gasteiger partial charge on any atom is -0.373 e. The highest BCUT2D eigenvalue weighted by Crippen LogP contribution is 2.46. The van der Waals surface area contributed by atoms with Crippen LogP contribution in [0.15, 0.2) is 24.4 Å². The summed E-state index contributed by atoms with van der Waals surface area (Å²) in [6.45, 7) is 5.28. The van der Waals surface area contributed by atoms with Crippen molar-refractivity contribution in [2.24, 2.45) is 5.92 Å². The number of nitrogens with one attached hydrogen (secondary N) is 1. The number of anilines is 2. The van der Waals surface area contributed by atoms with Gasteiger partial charge in [-0.2, -0.15) is 0 Å². The molecule has 2 bridgehead atoms. The standard InChI is InChI=1S/C22H27F2N5O/c1-13-6-14(2)27-19(7-13)29-10-16-8-17(29)11-28(12-30)21(16)20-15(9-18(23)24)4-5-26-22(20)25-3/h4-7,12,16-18,21H,8-11H2,1-3H3,(H,25,26). The molecule has 4 heterocycles. The second-order valence-electron chi connectivity index (χ2n) is 8.27. The monoisotopic (exact) mass is 415 g/mol. The zero-order valence-corrected chi connectivity index (χ0v) is 17.5. The lowest BCUT2D eigenvalue weighted by Gasteiger charge is -2.39. The molecule has 6 nitrogen and oxygen atoms in total. The van der Waals surface area contributed by atoms with Gasteiger partial charge in [-0.15, -0.1) is 0 Å². The van der Waals surface area contributed by atoms with Crippen LogP contribution in [0.25, 0.3) is 0 Å². The van der Waals surface area contributed by atoms with Crippen molar-refractivity contribution in [3.8, 4) is 0 Å². The fourth-order valence-electron chi connectivity index (χ4n) is 5.13. The van der Waals surface area contributed by atoms with Gasteiger partial charge in [-0.25, -0.2) is 18.7 Å². The summed E-state index contributed by atoms with van der Waals surface area (Å²) in [6, 6.07) is 5.63. The number of carbonyl (C=O) groups is 1. The Hall–Kier alpha value is -2.77. The van der Waals surface area contributed by atoms with Gasteiger partial charge < -0.3 is 15.1 Å². The van der Waals surface area contributed by atoms with Crippen molar-refractivity contribution in [3.05, 3.63) is 46.8 Å². The molecule has 0 aliphatic carbocycles. The van der Waals surface area contributed by atoms with E-state index in [-0.39, 0.29) is 24.4 Å². The van der Waals surface area contributed by atoms with Crippen LogP contribution in [0.3, 0.4) is 0 Å². The Bertz CT molecular complexity index is 917. The van der Waals surface area contributed by atoms with Crippen LogP contribution in [-0.2, 0) is 11.2 Å². The maximum atomic E-state index is 13.3. The van der Waals surface area contributed by atoms with Gasteiger partial charge in [-0.1, -0.05) is 0 Å². The average molecular weight is 415 g/mol. The Morgan fingerprint density at radius 2 is 2.10 bits per heavy atom. The molecule has 0 radical (unpaired) electrons. The van der Waals surface area contributed by atoms with E-state index in [1.54, 1.807) is 24.2 Å². The number of likely N-dealkylation sites (tertiary alicyclic amines) is 1. The number of nitrogens with zero attached hydrogens (tertiary/aromatic N) is 4. The van der Waals surface area contributed by atoms with E-state index in [1.807, 2.05) is 19.9 Å². The van der Waals surface area contributed by atoms with Gasteiger partial charge in [0, 0.05) is 56.0 Å². The predicted octanol–water partition coefficient (Wildman–Crippen LogP) is 3.35. The highest BCUT2D eigenvalue weighted by Gasteiger charge is 2.47. The molecule has 0 aromatic carbocycles. The molecule has 2 saturated heterocycles. The van der Waals surface area contributed by atoms with Crippen LogP contribution < -0.4 is 10.2 Å². The van der Waals surface area contributed by atoms with Crippen LogP contribution in [0.5, 0.6) is 0 Å². The highest BCUT2D eigenvalue weighted by atomic mass is 19.3. The molecule has 1 amide bonds. The number of alkyl halides is 2. The van der Waals surface area contributed by atoms with Crippen molar-refractivity contribution >= 4 is 18.0 Å². The maximum Gasteiger partial charge on any atom is 0.242 e. The number of amides is 1. The SMILES string of the molecule is CNc1nccc(CC(F)F)c1C1C2CC(CN1C=O)N(c1cc(C)cc(C)n1)C2. The summed E-state index contributed by atoms with van der Waals surface area (Å²) >= 11 is 0. The van der Waals surface area contributed by atoms with E-state index < -0.39 is 6.43 Å². The van der Waals surface area contributed by atoms with E-state index in [0.717, 1.165) is 36.5 Å². The summed E-state index contributed by atoms with van der Waals surface area (Å²) in [5.41, 5.74) is 3.36.